The number of hydrogen-bond donors (Lipinski definition) is 2. The number of nitrogens with one attached hydrogen (secondary N) is 2. The minimum Gasteiger partial charge on any atom is -0.497 e. The lowest BCUT2D eigenvalue weighted by Crippen LogP contribution is -2.09. The summed E-state index contributed by atoms with van der Waals surface area (Å²) in [5, 5.41) is 6.55. The number of aromatic nitrogens is 3. The summed E-state index contributed by atoms with van der Waals surface area (Å²) in [6.45, 7) is 1.46. The molecule has 2 aromatic heterocycles. The maximum atomic E-state index is 5.17. The Morgan fingerprint density at radius 2 is 1.68 bits per heavy atom. The number of rotatable bonds is 8. The van der Waals surface area contributed by atoms with Crippen LogP contribution in [-0.4, -0.2) is 28.6 Å². The van der Waals surface area contributed by atoms with Crippen LogP contribution in [0.4, 0.5) is 11.8 Å². The SMILES string of the molecule is COc1ccc(CCNc2ccnc(NCc3ccncc3)n2)cc1. The lowest BCUT2D eigenvalue weighted by molar-refractivity contribution is 0.414. The van der Waals surface area contributed by atoms with E-state index in [2.05, 4.69) is 37.7 Å². The van der Waals surface area contributed by atoms with Gasteiger partial charge in [-0.25, -0.2) is 4.98 Å². The van der Waals surface area contributed by atoms with Crippen molar-refractivity contribution in [2.75, 3.05) is 24.3 Å². The Hall–Kier alpha value is -3.15. The fourth-order valence-electron chi connectivity index (χ4n) is 2.35. The van der Waals surface area contributed by atoms with Gasteiger partial charge in [-0.3, -0.25) is 4.98 Å². The summed E-state index contributed by atoms with van der Waals surface area (Å²) in [6, 6.07) is 13.9. The van der Waals surface area contributed by atoms with E-state index in [0.717, 1.165) is 30.1 Å². The van der Waals surface area contributed by atoms with E-state index in [-0.39, 0.29) is 0 Å². The van der Waals surface area contributed by atoms with Crippen molar-refractivity contribution in [1.29, 1.82) is 0 Å². The van der Waals surface area contributed by atoms with E-state index >= 15 is 0 Å². The molecule has 6 heteroatoms. The smallest absolute Gasteiger partial charge is 0.224 e. The van der Waals surface area contributed by atoms with Crippen LogP contribution in [0.1, 0.15) is 11.1 Å². The van der Waals surface area contributed by atoms with Crippen molar-refractivity contribution in [2.45, 2.75) is 13.0 Å². The van der Waals surface area contributed by atoms with Crippen LogP contribution in [-0.2, 0) is 13.0 Å². The maximum Gasteiger partial charge on any atom is 0.224 e. The van der Waals surface area contributed by atoms with Gasteiger partial charge in [0, 0.05) is 31.7 Å². The summed E-state index contributed by atoms with van der Waals surface area (Å²) in [5.41, 5.74) is 2.38. The van der Waals surface area contributed by atoms with E-state index in [1.807, 2.05) is 30.3 Å². The van der Waals surface area contributed by atoms with Gasteiger partial charge in [0.15, 0.2) is 0 Å². The van der Waals surface area contributed by atoms with E-state index < -0.39 is 0 Å². The molecule has 128 valence electrons. The topological polar surface area (TPSA) is 72.0 Å². The van der Waals surface area contributed by atoms with Gasteiger partial charge in [0.2, 0.25) is 5.95 Å². The number of methoxy groups -OCH3 is 1. The third kappa shape index (κ3) is 5.17. The number of hydrogen-bond acceptors (Lipinski definition) is 6. The van der Waals surface area contributed by atoms with Crippen molar-refractivity contribution in [3.8, 4) is 5.75 Å². The van der Waals surface area contributed by atoms with Gasteiger partial charge in [-0.1, -0.05) is 12.1 Å². The third-order valence-corrected chi connectivity index (χ3v) is 3.73. The highest BCUT2D eigenvalue weighted by molar-refractivity contribution is 5.40. The zero-order valence-corrected chi connectivity index (χ0v) is 14.1. The minimum atomic E-state index is 0.603. The first-order valence-corrected chi connectivity index (χ1v) is 8.16. The van der Waals surface area contributed by atoms with Gasteiger partial charge in [-0.2, -0.15) is 4.98 Å². The number of pyridine rings is 1. The van der Waals surface area contributed by atoms with E-state index in [1.54, 1.807) is 25.7 Å². The van der Waals surface area contributed by atoms with Crippen molar-refractivity contribution in [2.24, 2.45) is 0 Å². The highest BCUT2D eigenvalue weighted by atomic mass is 16.5. The Morgan fingerprint density at radius 3 is 2.44 bits per heavy atom. The van der Waals surface area contributed by atoms with Crippen molar-refractivity contribution in [3.63, 3.8) is 0 Å². The van der Waals surface area contributed by atoms with E-state index in [0.29, 0.717) is 12.5 Å². The normalized spacial score (nSPS) is 10.3. The van der Waals surface area contributed by atoms with Crippen molar-refractivity contribution < 1.29 is 4.74 Å². The first-order chi connectivity index (χ1) is 12.3. The Balaban J connectivity index is 1.49. The predicted octanol–water partition coefficient (Wildman–Crippen LogP) is 3.15. The zero-order valence-electron chi connectivity index (χ0n) is 14.1. The molecule has 2 heterocycles. The molecule has 0 fully saturated rings. The van der Waals surface area contributed by atoms with Crippen LogP contribution in [0.2, 0.25) is 0 Å². The largest absolute Gasteiger partial charge is 0.497 e. The molecule has 3 aromatic rings. The first-order valence-electron chi connectivity index (χ1n) is 8.16. The van der Waals surface area contributed by atoms with Crippen LogP contribution in [0.15, 0.2) is 61.1 Å². The van der Waals surface area contributed by atoms with E-state index in [9.17, 15) is 0 Å². The van der Waals surface area contributed by atoms with Gasteiger partial charge in [0.1, 0.15) is 11.6 Å². The molecule has 0 aliphatic rings. The summed E-state index contributed by atoms with van der Waals surface area (Å²) >= 11 is 0. The standard InChI is InChI=1S/C19H21N5O/c1-25-17-4-2-15(3-5-17)8-12-21-18-9-13-22-19(24-18)23-14-16-6-10-20-11-7-16/h2-7,9-11,13H,8,12,14H2,1H3,(H2,21,22,23,24). The second kappa shape index (κ2) is 8.63. The molecule has 1 aromatic carbocycles. The van der Waals surface area contributed by atoms with Crippen LogP contribution in [0.25, 0.3) is 0 Å². The quantitative estimate of drug-likeness (QED) is 0.659. The van der Waals surface area contributed by atoms with Crippen LogP contribution in [0.3, 0.4) is 0 Å². The lowest BCUT2D eigenvalue weighted by Gasteiger charge is -2.09. The van der Waals surface area contributed by atoms with Gasteiger partial charge in [0.05, 0.1) is 7.11 Å². The third-order valence-electron chi connectivity index (χ3n) is 3.73. The summed E-state index contributed by atoms with van der Waals surface area (Å²) < 4.78 is 5.17. The summed E-state index contributed by atoms with van der Waals surface area (Å²) in [7, 11) is 1.67. The Bertz CT molecular complexity index is 777. The monoisotopic (exact) mass is 335 g/mol. The van der Waals surface area contributed by atoms with Crippen LogP contribution < -0.4 is 15.4 Å². The number of benzene rings is 1. The molecule has 0 aliphatic carbocycles. The van der Waals surface area contributed by atoms with Crippen molar-refractivity contribution in [1.82, 2.24) is 15.0 Å². The first kappa shape index (κ1) is 16.7. The molecule has 0 aliphatic heterocycles. The van der Waals surface area contributed by atoms with E-state index in [4.69, 9.17) is 4.74 Å². The number of ether oxygens (including phenoxy) is 1. The summed E-state index contributed by atoms with van der Waals surface area (Å²) in [5.74, 6) is 2.28. The van der Waals surface area contributed by atoms with Crippen molar-refractivity contribution >= 4 is 11.8 Å². The Kier molecular flexibility index (Phi) is 5.77. The average Bonchev–Trinajstić information content (AvgIpc) is 2.68. The fraction of sp³-hybridized carbons (Fsp3) is 0.211. The lowest BCUT2D eigenvalue weighted by atomic mass is 10.1. The highest BCUT2D eigenvalue weighted by Crippen LogP contribution is 2.12. The molecular weight excluding hydrogens is 314 g/mol. The Morgan fingerprint density at radius 1 is 0.880 bits per heavy atom. The predicted molar refractivity (Wildman–Crippen MR) is 98.8 cm³/mol. The summed E-state index contributed by atoms with van der Waals surface area (Å²) in [6.07, 6.45) is 6.20. The molecule has 0 spiro atoms. The number of nitrogens with zero attached hydrogens (tertiary/aromatic N) is 3. The molecule has 0 unspecified atom stereocenters. The second-order valence-electron chi connectivity index (χ2n) is 5.50. The number of anilines is 2. The minimum absolute atomic E-state index is 0.603. The second-order valence-corrected chi connectivity index (χ2v) is 5.50. The molecule has 0 amide bonds. The molecule has 3 rings (SSSR count). The Labute approximate surface area is 147 Å². The molecule has 0 radical (unpaired) electrons. The van der Waals surface area contributed by atoms with Crippen LogP contribution in [0.5, 0.6) is 5.75 Å². The van der Waals surface area contributed by atoms with Crippen LogP contribution in [0, 0.1) is 0 Å². The molecule has 0 saturated heterocycles. The fourth-order valence-corrected chi connectivity index (χ4v) is 2.35. The van der Waals surface area contributed by atoms with Crippen molar-refractivity contribution in [3.05, 3.63) is 72.2 Å². The highest BCUT2D eigenvalue weighted by Gasteiger charge is 2.00. The van der Waals surface area contributed by atoms with Gasteiger partial charge in [-0.05, 0) is 47.9 Å². The molecule has 2 N–H and O–H groups in total. The zero-order chi connectivity index (χ0) is 17.3. The van der Waals surface area contributed by atoms with Gasteiger partial charge in [-0.15, -0.1) is 0 Å². The maximum absolute atomic E-state index is 5.17. The van der Waals surface area contributed by atoms with Gasteiger partial charge in [0.25, 0.3) is 0 Å². The molecule has 0 saturated carbocycles. The van der Waals surface area contributed by atoms with Crippen LogP contribution >= 0.6 is 0 Å². The molecule has 0 bridgehead atoms. The van der Waals surface area contributed by atoms with Gasteiger partial charge < -0.3 is 15.4 Å². The molecule has 25 heavy (non-hydrogen) atoms. The van der Waals surface area contributed by atoms with Gasteiger partial charge >= 0.3 is 0 Å². The molecule has 0 atom stereocenters. The average molecular weight is 335 g/mol. The molecular formula is C19H21N5O. The summed E-state index contributed by atoms with van der Waals surface area (Å²) in [4.78, 5) is 12.7. The molecule has 6 nitrogen and oxygen atoms in total. The van der Waals surface area contributed by atoms with E-state index in [1.165, 1.54) is 5.56 Å².